The van der Waals surface area contributed by atoms with Crippen LogP contribution in [0.5, 0.6) is 5.75 Å². The van der Waals surface area contributed by atoms with Crippen molar-refractivity contribution in [3.8, 4) is 5.75 Å². The van der Waals surface area contributed by atoms with Gasteiger partial charge in [-0.2, -0.15) is 17.6 Å². The number of hydrogen-bond acceptors (Lipinski definition) is 4. The second kappa shape index (κ2) is 7.90. The summed E-state index contributed by atoms with van der Waals surface area (Å²) in [6.45, 7) is 1.98. The van der Waals surface area contributed by atoms with Crippen LogP contribution in [0.3, 0.4) is 0 Å². The standard InChI is InChI=1S/C17H18BrF5O4/c1-8-11(9-4-5-10(19)12(20)13(9)26-7-6-18)14(15(24)25-3)27-16(8,2)17(21,22)23/h4-5,8,11,14H,6-7H2,1-3H3/t8?,11?,14-,16?/m1/s1. The van der Waals surface area contributed by atoms with E-state index in [0.29, 0.717) is 0 Å². The number of methoxy groups -OCH3 is 1. The number of rotatable bonds is 5. The summed E-state index contributed by atoms with van der Waals surface area (Å²) in [6, 6.07) is 1.88. The first-order chi connectivity index (χ1) is 12.5. The fourth-order valence-corrected chi connectivity index (χ4v) is 3.38. The largest absolute Gasteiger partial charge is 0.489 e. The van der Waals surface area contributed by atoms with E-state index >= 15 is 0 Å². The zero-order valence-corrected chi connectivity index (χ0v) is 16.3. The Bertz CT molecular complexity index is 711. The quantitative estimate of drug-likeness (QED) is 0.372. The highest BCUT2D eigenvalue weighted by Crippen LogP contribution is 2.55. The molecule has 1 aliphatic heterocycles. The summed E-state index contributed by atoms with van der Waals surface area (Å²) in [5.74, 6) is -6.72. The third-order valence-corrected chi connectivity index (χ3v) is 5.19. The first-order valence-electron chi connectivity index (χ1n) is 7.98. The Labute approximate surface area is 161 Å². The van der Waals surface area contributed by atoms with Gasteiger partial charge in [0.2, 0.25) is 5.82 Å². The van der Waals surface area contributed by atoms with Gasteiger partial charge in [-0.1, -0.05) is 28.9 Å². The predicted molar refractivity (Wildman–Crippen MR) is 88.9 cm³/mol. The zero-order chi connectivity index (χ0) is 20.6. The highest BCUT2D eigenvalue weighted by molar-refractivity contribution is 9.09. The summed E-state index contributed by atoms with van der Waals surface area (Å²) in [4.78, 5) is 12.1. The highest BCUT2D eigenvalue weighted by Gasteiger charge is 2.66. The fourth-order valence-electron chi connectivity index (χ4n) is 3.21. The molecule has 1 saturated heterocycles. The highest BCUT2D eigenvalue weighted by atomic mass is 79.9. The fraction of sp³-hybridized carbons (Fsp3) is 0.588. The van der Waals surface area contributed by atoms with Crippen LogP contribution in [-0.4, -0.2) is 42.9 Å². The van der Waals surface area contributed by atoms with E-state index in [1.807, 2.05) is 0 Å². The van der Waals surface area contributed by atoms with Crippen LogP contribution in [0.4, 0.5) is 22.0 Å². The number of alkyl halides is 4. The third kappa shape index (κ3) is 3.78. The third-order valence-electron chi connectivity index (χ3n) is 4.87. The van der Waals surface area contributed by atoms with E-state index in [2.05, 4.69) is 20.7 Å². The average Bonchev–Trinajstić information content (AvgIpc) is 2.88. The molecular weight excluding hydrogens is 443 g/mol. The SMILES string of the molecule is COC(=O)[C@@H]1OC(C)(C(F)(F)F)C(C)C1c1ccc(F)c(F)c1OCCBr. The molecule has 2 rings (SSSR count). The number of halogens is 6. The molecule has 0 N–H and O–H groups in total. The molecule has 0 spiro atoms. The molecule has 1 aromatic rings. The number of ether oxygens (including phenoxy) is 3. The lowest BCUT2D eigenvalue weighted by molar-refractivity contribution is -0.274. The summed E-state index contributed by atoms with van der Waals surface area (Å²) in [5.41, 5.74) is -2.78. The monoisotopic (exact) mass is 460 g/mol. The van der Waals surface area contributed by atoms with Gasteiger partial charge in [0.25, 0.3) is 0 Å². The van der Waals surface area contributed by atoms with Crippen molar-refractivity contribution in [3.63, 3.8) is 0 Å². The number of hydrogen-bond donors (Lipinski definition) is 0. The summed E-state index contributed by atoms with van der Waals surface area (Å²) >= 11 is 3.07. The van der Waals surface area contributed by atoms with Gasteiger partial charge in [0, 0.05) is 22.7 Å². The van der Waals surface area contributed by atoms with Crippen molar-refractivity contribution in [2.45, 2.75) is 37.6 Å². The molecule has 0 bridgehead atoms. The summed E-state index contributed by atoms with van der Waals surface area (Å²) in [7, 11) is 1.00. The molecule has 1 fully saturated rings. The van der Waals surface area contributed by atoms with Gasteiger partial charge in [-0.25, -0.2) is 9.18 Å². The normalized spacial score (nSPS) is 28.3. The Morgan fingerprint density at radius 2 is 1.96 bits per heavy atom. The predicted octanol–water partition coefficient (Wildman–Crippen LogP) is 4.35. The Morgan fingerprint density at radius 1 is 1.33 bits per heavy atom. The minimum Gasteiger partial charge on any atom is -0.489 e. The number of benzene rings is 1. The average molecular weight is 461 g/mol. The van der Waals surface area contributed by atoms with E-state index in [4.69, 9.17) is 9.47 Å². The van der Waals surface area contributed by atoms with Crippen molar-refractivity contribution in [3.05, 3.63) is 29.3 Å². The van der Waals surface area contributed by atoms with Crippen molar-refractivity contribution in [2.75, 3.05) is 19.0 Å². The van der Waals surface area contributed by atoms with Crippen LogP contribution in [0.15, 0.2) is 12.1 Å². The van der Waals surface area contributed by atoms with Gasteiger partial charge in [0.15, 0.2) is 23.3 Å². The van der Waals surface area contributed by atoms with Crippen LogP contribution in [-0.2, 0) is 14.3 Å². The van der Waals surface area contributed by atoms with Crippen LogP contribution < -0.4 is 4.74 Å². The smallest absolute Gasteiger partial charge is 0.417 e. The molecule has 0 amide bonds. The van der Waals surface area contributed by atoms with Gasteiger partial charge in [0.1, 0.15) is 0 Å². The van der Waals surface area contributed by atoms with Crippen molar-refractivity contribution in [1.29, 1.82) is 0 Å². The molecule has 0 aromatic heterocycles. The zero-order valence-electron chi connectivity index (χ0n) is 14.7. The van der Waals surface area contributed by atoms with Gasteiger partial charge in [0.05, 0.1) is 13.7 Å². The second-order valence-corrected chi connectivity index (χ2v) is 7.09. The molecule has 1 aliphatic rings. The molecular formula is C17H18BrF5O4. The van der Waals surface area contributed by atoms with E-state index in [9.17, 15) is 26.7 Å². The first-order valence-corrected chi connectivity index (χ1v) is 9.10. The number of carbonyl (C=O) groups is 1. The summed E-state index contributed by atoms with van der Waals surface area (Å²) in [5, 5.41) is 0.278. The second-order valence-electron chi connectivity index (χ2n) is 6.30. The first kappa shape index (κ1) is 21.9. The molecule has 10 heteroatoms. The van der Waals surface area contributed by atoms with Crippen molar-refractivity contribution < 1.29 is 41.0 Å². The van der Waals surface area contributed by atoms with Crippen LogP contribution in [0, 0.1) is 17.6 Å². The van der Waals surface area contributed by atoms with E-state index < -0.39 is 53.1 Å². The van der Waals surface area contributed by atoms with Crippen LogP contribution >= 0.6 is 15.9 Å². The minimum atomic E-state index is -4.80. The Morgan fingerprint density at radius 3 is 2.48 bits per heavy atom. The molecule has 1 heterocycles. The molecule has 152 valence electrons. The molecule has 1 aromatic carbocycles. The Balaban J connectivity index is 2.63. The van der Waals surface area contributed by atoms with Crippen molar-refractivity contribution in [1.82, 2.24) is 0 Å². The van der Waals surface area contributed by atoms with E-state index in [0.717, 1.165) is 26.2 Å². The van der Waals surface area contributed by atoms with Gasteiger partial charge in [-0.15, -0.1) is 0 Å². The van der Waals surface area contributed by atoms with Crippen molar-refractivity contribution in [2.24, 2.45) is 5.92 Å². The minimum absolute atomic E-state index is 0.0608. The Hall–Kier alpha value is -1.42. The van der Waals surface area contributed by atoms with Gasteiger partial charge >= 0.3 is 12.1 Å². The lowest BCUT2D eigenvalue weighted by Gasteiger charge is -2.32. The van der Waals surface area contributed by atoms with Gasteiger partial charge < -0.3 is 14.2 Å². The summed E-state index contributed by atoms with van der Waals surface area (Å²) < 4.78 is 83.7. The van der Waals surface area contributed by atoms with Crippen LogP contribution in [0.25, 0.3) is 0 Å². The molecule has 0 aliphatic carbocycles. The van der Waals surface area contributed by atoms with E-state index in [1.165, 1.54) is 6.92 Å². The molecule has 0 radical (unpaired) electrons. The molecule has 4 nitrogen and oxygen atoms in total. The van der Waals surface area contributed by atoms with E-state index in [1.54, 1.807) is 0 Å². The Kier molecular flexibility index (Phi) is 6.40. The summed E-state index contributed by atoms with van der Waals surface area (Å²) in [6.07, 6.45) is -6.46. The van der Waals surface area contributed by atoms with E-state index in [-0.39, 0.29) is 17.5 Å². The number of esters is 1. The van der Waals surface area contributed by atoms with Gasteiger partial charge in [-0.05, 0) is 13.0 Å². The molecule has 3 unspecified atom stereocenters. The maximum absolute atomic E-state index is 14.3. The lowest BCUT2D eigenvalue weighted by atomic mass is 9.77. The molecule has 4 atom stereocenters. The van der Waals surface area contributed by atoms with Gasteiger partial charge in [-0.3, -0.25) is 0 Å². The molecule has 27 heavy (non-hydrogen) atoms. The topological polar surface area (TPSA) is 44.8 Å². The maximum atomic E-state index is 14.3. The maximum Gasteiger partial charge on any atom is 0.417 e. The van der Waals surface area contributed by atoms with Crippen LogP contribution in [0.2, 0.25) is 0 Å². The lowest BCUT2D eigenvalue weighted by Crippen LogP contribution is -2.47. The van der Waals surface area contributed by atoms with Crippen LogP contribution in [0.1, 0.15) is 25.3 Å². The molecule has 0 saturated carbocycles. The van der Waals surface area contributed by atoms with Crippen molar-refractivity contribution >= 4 is 21.9 Å². The number of carbonyl (C=O) groups excluding carboxylic acids is 1.